The molecule has 1 fully saturated rings. The number of nitrogens with zero attached hydrogens (tertiary/aromatic N) is 1. The average Bonchev–Trinajstić information content (AvgIpc) is 2.66. The van der Waals surface area contributed by atoms with E-state index in [1.165, 1.54) is 6.07 Å². The van der Waals surface area contributed by atoms with Crippen molar-refractivity contribution in [2.24, 2.45) is 16.3 Å². The van der Waals surface area contributed by atoms with Crippen molar-refractivity contribution < 1.29 is 13.9 Å². The van der Waals surface area contributed by atoms with Crippen molar-refractivity contribution in [1.82, 2.24) is 10.6 Å². The maximum atomic E-state index is 13.8. The lowest BCUT2D eigenvalue weighted by molar-refractivity contribution is -0.0835. The summed E-state index contributed by atoms with van der Waals surface area (Å²) in [7, 11) is 1.57. The molecule has 0 spiro atoms. The molecule has 0 radical (unpaired) electrons. The molecule has 0 aromatic heterocycles. The third-order valence-corrected chi connectivity index (χ3v) is 5.00. The Kier molecular flexibility index (Phi) is 8.70. The molecule has 2 rings (SSSR count). The van der Waals surface area contributed by atoms with Gasteiger partial charge in [-0.05, 0) is 42.9 Å². The van der Waals surface area contributed by atoms with E-state index in [0.29, 0.717) is 18.0 Å². The predicted octanol–water partition coefficient (Wildman–Crippen LogP) is 3.87. The van der Waals surface area contributed by atoms with Gasteiger partial charge in [-0.3, -0.25) is 0 Å². The first-order chi connectivity index (χ1) is 13.3. The van der Waals surface area contributed by atoms with E-state index >= 15 is 0 Å². The Morgan fingerprint density at radius 1 is 1.32 bits per heavy atom. The summed E-state index contributed by atoms with van der Waals surface area (Å²) >= 11 is 0. The molecular weight excluding hydrogens is 357 g/mol. The molecule has 5 nitrogen and oxygen atoms in total. The van der Waals surface area contributed by atoms with Crippen LogP contribution in [0.5, 0.6) is 0 Å². The van der Waals surface area contributed by atoms with Gasteiger partial charge in [0.15, 0.2) is 5.96 Å². The molecular formula is C22H36FN3O2. The largest absolute Gasteiger partial charge is 0.380 e. The smallest absolute Gasteiger partial charge is 0.191 e. The van der Waals surface area contributed by atoms with Gasteiger partial charge in [-0.25, -0.2) is 9.38 Å². The first-order valence-corrected chi connectivity index (χ1v) is 10.2. The Labute approximate surface area is 169 Å². The Morgan fingerprint density at radius 2 is 2.11 bits per heavy atom. The van der Waals surface area contributed by atoms with Crippen LogP contribution in [0.15, 0.2) is 23.2 Å². The van der Waals surface area contributed by atoms with Crippen LogP contribution in [0.25, 0.3) is 0 Å². The summed E-state index contributed by atoms with van der Waals surface area (Å²) in [6.45, 7) is 12.0. The molecule has 0 saturated carbocycles. The van der Waals surface area contributed by atoms with Gasteiger partial charge in [-0.15, -0.1) is 0 Å². The lowest BCUT2D eigenvalue weighted by Gasteiger charge is -2.40. The van der Waals surface area contributed by atoms with Crippen LogP contribution < -0.4 is 10.6 Å². The van der Waals surface area contributed by atoms with E-state index in [-0.39, 0.29) is 23.9 Å². The second-order valence-corrected chi connectivity index (χ2v) is 8.49. The third-order valence-electron chi connectivity index (χ3n) is 5.00. The highest BCUT2D eigenvalue weighted by Crippen LogP contribution is 2.33. The Hall–Kier alpha value is -1.66. The van der Waals surface area contributed by atoms with Gasteiger partial charge >= 0.3 is 0 Å². The Morgan fingerprint density at radius 3 is 2.79 bits per heavy atom. The fraction of sp³-hybridized carbons (Fsp3) is 0.682. The normalized spacial score (nSPS) is 20.9. The van der Waals surface area contributed by atoms with E-state index in [2.05, 4.69) is 36.4 Å². The van der Waals surface area contributed by atoms with Crippen LogP contribution in [0.4, 0.5) is 4.39 Å². The maximum Gasteiger partial charge on any atom is 0.191 e. The molecule has 0 bridgehead atoms. The number of guanidine groups is 1. The zero-order valence-electron chi connectivity index (χ0n) is 18.0. The van der Waals surface area contributed by atoms with Crippen molar-refractivity contribution in [3.05, 3.63) is 35.1 Å². The highest BCUT2D eigenvalue weighted by Gasteiger charge is 2.35. The van der Waals surface area contributed by atoms with Crippen molar-refractivity contribution in [2.75, 3.05) is 26.8 Å². The number of aliphatic imine (C=N–C) groups is 1. The molecule has 6 heteroatoms. The quantitative estimate of drug-likeness (QED) is 0.545. The van der Waals surface area contributed by atoms with Crippen molar-refractivity contribution in [2.45, 2.75) is 59.8 Å². The number of halogens is 1. The summed E-state index contributed by atoms with van der Waals surface area (Å²) in [4.78, 5) is 4.68. The van der Waals surface area contributed by atoms with Crippen LogP contribution in [0, 0.1) is 17.2 Å². The summed E-state index contributed by atoms with van der Waals surface area (Å²) in [5, 5.41) is 6.77. The van der Waals surface area contributed by atoms with E-state index in [9.17, 15) is 4.39 Å². The summed E-state index contributed by atoms with van der Waals surface area (Å²) in [6.07, 6.45) is 2.50. The van der Waals surface area contributed by atoms with E-state index in [4.69, 9.17) is 9.47 Å². The van der Waals surface area contributed by atoms with Gasteiger partial charge in [-0.2, -0.15) is 0 Å². The van der Waals surface area contributed by atoms with E-state index in [0.717, 1.165) is 44.1 Å². The first-order valence-electron chi connectivity index (χ1n) is 10.2. The maximum absolute atomic E-state index is 13.8. The molecule has 1 aliphatic rings. The standard InChI is InChI=1S/C22H36FN3O2/c1-6-24-21(25-13-16-9-10-19(23)18(12-16)15-27-5)26-14-17-8-7-11-28-20(17)22(2,3)4/h9-10,12,17,20H,6-8,11,13-15H2,1-5H3,(H2,24,25,26). The second-order valence-electron chi connectivity index (χ2n) is 8.49. The minimum Gasteiger partial charge on any atom is -0.380 e. The molecule has 2 unspecified atom stereocenters. The highest BCUT2D eigenvalue weighted by atomic mass is 19.1. The first kappa shape index (κ1) is 22.6. The number of rotatable bonds is 7. The minimum atomic E-state index is -0.245. The fourth-order valence-corrected chi connectivity index (χ4v) is 3.74. The monoisotopic (exact) mass is 393 g/mol. The van der Waals surface area contributed by atoms with Gasteiger partial charge < -0.3 is 20.1 Å². The average molecular weight is 394 g/mol. The van der Waals surface area contributed by atoms with Crippen molar-refractivity contribution in [1.29, 1.82) is 0 Å². The van der Waals surface area contributed by atoms with Crippen molar-refractivity contribution >= 4 is 5.96 Å². The topological polar surface area (TPSA) is 54.9 Å². The zero-order chi connectivity index (χ0) is 20.6. The van der Waals surface area contributed by atoms with E-state index < -0.39 is 0 Å². The second kappa shape index (κ2) is 10.8. The molecule has 2 atom stereocenters. The molecule has 1 heterocycles. The lowest BCUT2D eigenvalue weighted by atomic mass is 9.78. The highest BCUT2D eigenvalue weighted by molar-refractivity contribution is 5.79. The number of hydrogen-bond donors (Lipinski definition) is 2. The lowest BCUT2D eigenvalue weighted by Crippen LogP contribution is -2.47. The Balaban J connectivity index is 2.01. The van der Waals surface area contributed by atoms with Crippen LogP contribution in [0.1, 0.15) is 51.7 Å². The van der Waals surface area contributed by atoms with Crippen molar-refractivity contribution in [3.8, 4) is 0 Å². The van der Waals surface area contributed by atoms with Gasteiger partial charge in [0, 0.05) is 38.3 Å². The van der Waals surface area contributed by atoms with Gasteiger partial charge in [0.1, 0.15) is 5.82 Å². The molecule has 2 N–H and O–H groups in total. The molecule has 158 valence electrons. The third kappa shape index (κ3) is 6.74. The molecule has 1 aliphatic heterocycles. The Bertz CT molecular complexity index is 643. The van der Waals surface area contributed by atoms with Crippen molar-refractivity contribution in [3.63, 3.8) is 0 Å². The summed E-state index contributed by atoms with van der Waals surface area (Å²) in [5.41, 5.74) is 1.63. The molecule has 1 aromatic rings. The summed E-state index contributed by atoms with van der Waals surface area (Å²) in [6, 6.07) is 5.07. The van der Waals surface area contributed by atoms with Gasteiger partial charge in [0.05, 0.1) is 19.3 Å². The van der Waals surface area contributed by atoms with E-state index in [1.54, 1.807) is 13.2 Å². The molecule has 28 heavy (non-hydrogen) atoms. The molecule has 0 amide bonds. The molecule has 1 saturated heterocycles. The van der Waals surface area contributed by atoms with E-state index in [1.807, 2.05) is 13.0 Å². The van der Waals surface area contributed by atoms with Gasteiger partial charge in [0.25, 0.3) is 0 Å². The van der Waals surface area contributed by atoms with Gasteiger partial charge in [-0.1, -0.05) is 26.8 Å². The van der Waals surface area contributed by atoms with Crippen LogP contribution in [-0.2, 0) is 22.6 Å². The number of ether oxygens (including phenoxy) is 2. The van der Waals surface area contributed by atoms with Crippen LogP contribution >= 0.6 is 0 Å². The summed E-state index contributed by atoms with van der Waals surface area (Å²) in [5.74, 6) is 0.986. The number of nitrogens with one attached hydrogen (secondary N) is 2. The summed E-state index contributed by atoms with van der Waals surface area (Å²) < 4.78 is 24.9. The number of benzene rings is 1. The van der Waals surface area contributed by atoms with Crippen LogP contribution in [-0.4, -0.2) is 38.9 Å². The number of methoxy groups -OCH3 is 1. The number of hydrogen-bond acceptors (Lipinski definition) is 3. The molecule has 0 aliphatic carbocycles. The zero-order valence-corrected chi connectivity index (χ0v) is 18.0. The predicted molar refractivity (Wildman–Crippen MR) is 112 cm³/mol. The molecule has 1 aromatic carbocycles. The minimum absolute atomic E-state index is 0.119. The van der Waals surface area contributed by atoms with Crippen LogP contribution in [0.2, 0.25) is 0 Å². The van der Waals surface area contributed by atoms with Gasteiger partial charge in [0.2, 0.25) is 0 Å². The fourth-order valence-electron chi connectivity index (χ4n) is 3.74. The van der Waals surface area contributed by atoms with Crippen LogP contribution in [0.3, 0.4) is 0 Å². The SMILES string of the molecule is CCNC(=NCc1ccc(F)c(COC)c1)NCC1CCCOC1C(C)(C)C.